The lowest BCUT2D eigenvalue weighted by Gasteiger charge is -2.41. The van der Waals surface area contributed by atoms with Gasteiger partial charge < -0.3 is 10.0 Å². The molecule has 1 atom stereocenters. The van der Waals surface area contributed by atoms with E-state index in [0.717, 1.165) is 37.9 Å². The Morgan fingerprint density at radius 2 is 2.43 bits per heavy atom. The summed E-state index contributed by atoms with van der Waals surface area (Å²) in [5.74, 6) is 0.0358. The molecule has 2 rings (SSSR count). The zero-order valence-corrected chi connectivity index (χ0v) is 12.7. The van der Waals surface area contributed by atoms with Crippen LogP contribution in [-0.2, 0) is 6.42 Å². The van der Waals surface area contributed by atoms with Crippen LogP contribution in [0.1, 0.15) is 42.2 Å². The van der Waals surface area contributed by atoms with Gasteiger partial charge in [-0.2, -0.15) is 0 Å². The summed E-state index contributed by atoms with van der Waals surface area (Å²) < 4.78 is 0. The topological polar surface area (TPSA) is 53.4 Å². The molecule has 1 aliphatic rings. The first kappa shape index (κ1) is 15.7. The second-order valence-corrected chi connectivity index (χ2v) is 5.87. The average Bonchev–Trinajstić information content (AvgIpc) is 2.54. The standard InChI is InChI=1S/C17H24N2O2/c1-3-7-17(13-20)8-5-10-19(12-17)16(21)14-6-9-18-15(4-2)11-14/h3,6,9,11,20H,1,4-5,7-8,10,12-13H2,2H3/t17-/m1/s1. The summed E-state index contributed by atoms with van der Waals surface area (Å²) in [7, 11) is 0. The van der Waals surface area contributed by atoms with Gasteiger partial charge in [-0.3, -0.25) is 9.78 Å². The van der Waals surface area contributed by atoms with Crippen LogP contribution in [0.3, 0.4) is 0 Å². The molecule has 2 heterocycles. The molecule has 0 aromatic carbocycles. The Morgan fingerprint density at radius 3 is 3.10 bits per heavy atom. The first-order valence-electron chi connectivity index (χ1n) is 7.60. The Morgan fingerprint density at radius 1 is 1.62 bits per heavy atom. The smallest absolute Gasteiger partial charge is 0.253 e. The lowest BCUT2D eigenvalue weighted by atomic mass is 9.77. The minimum Gasteiger partial charge on any atom is -0.396 e. The van der Waals surface area contributed by atoms with Crippen LogP contribution >= 0.6 is 0 Å². The van der Waals surface area contributed by atoms with Crippen molar-refractivity contribution in [3.05, 3.63) is 42.2 Å². The summed E-state index contributed by atoms with van der Waals surface area (Å²) >= 11 is 0. The number of pyridine rings is 1. The second-order valence-electron chi connectivity index (χ2n) is 5.87. The number of allylic oxidation sites excluding steroid dienone is 1. The maximum atomic E-state index is 12.7. The molecule has 1 fully saturated rings. The number of carbonyl (C=O) groups excluding carboxylic acids is 1. The zero-order valence-electron chi connectivity index (χ0n) is 12.7. The van der Waals surface area contributed by atoms with E-state index in [1.165, 1.54) is 0 Å². The minimum absolute atomic E-state index is 0.0358. The van der Waals surface area contributed by atoms with Crippen molar-refractivity contribution in [3.8, 4) is 0 Å². The Labute approximate surface area is 126 Å². The van der Waals surface area contributed by atoms with Crippen molar-refractivity contribution in [1.82, 2.24) is 9.88 Å². The maximum Gasteiger partial charge on any atom is 0.253 e. The van der Waals surface area contributed by atoms with E-state index in [1.54, 1.807) is 12.3 Å². The van der Waals surface area contributed by atoms with Crippen LogP contribution in [-0.4, -0.2) is 40.6 Å². The molecular weight excluding hydrogens is 264 g/mol. The van der Waals surface area contributed by atoms with Gasteiger partial charge in [-0.1, -0.05) is 13.0 Å². The van der Waals surface area contributed by atoms with E-state index in [1.807, 2.05) is 24.0 Å². The van der Waals surface area contributed by atoms with Crippen molar-refractivity contribution in [2.75, 3.05) is 19.7 Å². The van der Waals surface area contributed by atoms with Gasteiger partial charge in [0.05, 0.1) is 6.61 Å². The average molecular weight is 288 g/mol. The first-order valence-corrected chi connectivity index (χ1v) is 7.60. The monoisotopic (exact) mass is 288 g/mol. The summed E-state index contributed by atoms with van der Waals surface area (Å²) in [4.78, 5) is 18.8. The zero-order chi connectivity index (χ0) is 15.3. The summed E-state index contributed by atoms with van der Waals surface area (Å²) in [5, 5.41) is 9.73. The van der Waals surface area contributed by atoms with Crippen molar-refractivity contribution in [3.63, 3.8) is 0 Å². The molecule has 4 nitrogen and oxygen atoms in total. The Hall–Kier alpha value is -1.68. The van der Waals surface area contributed by atoms with Gasteiger partial charge in [0.1, 0.15) is 0 Å². The molecule has 0 spiro atoms. The molecule has 1 aliphatic heterocycles. The third-order valence-electron chi connectivity index (χ3n) is 4.29. The molecule has 1 amide bonds. The molecule has 0 bridgehead atoms. The fourth-order valence-corrected chi connectivity index (χ4v) is 3.03. The largest absolute Gasteiger partial charge is 0.396 e. The van der Waals surface area contributed by atoms with Gasteiger partial charge in [-0.05, 0) is 37.8 Å². The first-order chi connectivity index (χ1) is 10.1. The van der Waals surface area contributed by atoms with Gasteiger partial charge in [0.25, 0.3) is 5.91 Å². The number of hydrogen-bond acceptors (Lipinski definition) is 3. The number of amides is 1. The van der Waals surface area contributed by atoms with Crippen molar-refractivity contribution in [1.29, 1.82) is 0 Å². The number of aliphatic hydroxyl groups is 1. The molecule has 0 aliphatic carbocycles. The lowest BCUT2D eigenvalue weighted by molar-refractivity contribution is 0.0285. The Kier molecular flexibility index (Phi) is 5.12. The molecule has 1 aromatic rings. The van der Waals surface area contributed by atoms with E-state index < -0.39 is 0 Å². The number of hydrogen-bond donors (Lipinski definition) is 1. The van der Waals surface area contributed by atoms with Crippen LogP contribution in [0, 0.1) is 5.41 Å². The molecule has 21 heavy (non-hydrogen) atoms. The summed E-state index contributed by atoms with van der Waals surface area (Å²) in [6.45, 7) is 7.25. The van der Waals surface area contributed by atoms with Gasteiger partial charge in [-0.25, -0.2) is 0 Å². The fourth-order valence-electron chi connectivity index (χ4n) is 3.03. The van der Waals surface area contributed by atoms with E-state index in [9.17, 15) is 9.90 Å². The van der Waals surface area contributed by atoms with Crippen LogP contribution in [0.2, 0.25) is 0 Å². The highest BCUT2D eigenvalue weighted by Crippen LogP contribution is 2.33. The normalized spacial score (nSPS) is 22.1. The predicted molar refractivity (Wildman–Crippen MR) is 83.1 cm³/mol. The van der Waals surface area contributed by atoms with E-state index in [2.05, 4.69) is 11.6 Å². The van der Waals surface area contributed by atoms with Crippen LogP contribution in [0.15, 0.2) is 31.0 Å². The number of piperidine rings is 1. The van der Waals surface area contributed by atoms with Crippen molar-refractivity contribution >= 4 is 5.91 Å². The number of rotatable bonds is 5. The molecular formula is C17H24N2O2. The van der Waals surface area contributed by atoms with Crippen LogP contribution in [0.5, 0.6) is 0 Å². The number of aryl methyl sites for hydroxylation is 1. The Balaban J connectivity index is 2.16. The van der Waals surface area contributed by atoms with Gasteiger partial charge in [0.2, 0.25) is 0 Å². The third kappa shape index (κ3) is 3.50. The molecule has 0 saturated carbocycles. The predicted octanol–water partition coefficient (Wildman–Crippen LogP) is 2.43. The highest BCUT2D eigenvalue weighted by molar-refractivity contribution is 5.94. The molecule has 1 aromatic heterocycles. The van der Waals surface area contributed by atoms with E-state index in [-0.39, 0.29) is 17.9 Å². The van der Waals surface area contributed by atoms with Crippen molar-refractivity contribution in [2.45, 2.75) is 32.6 Å². The number of carbonyl (C=O) groups is 1. The summed E-state index contributed by atoms with van der Waals surface area (Å²) in [6, 6.07) is 3.63. The summed E-state index contributed by atoms with van der Waals surface area (Å²) in [5.41, 5.74) is 1.39. The molecule has 0 radical (unpaired) electrons. The SMILES string of the molecule is C=CC[C@@]1(CO)CCCN(C(=O)c2ccnc(CC)c2)C1. The van der Waals surface area contributed by atoms with Gasteiger partial charge >= 0.3 is 0 Å². The molecule has 1 N–H and O–H groups in total. The lowest BCUT2D eigenvalue weighted by Crippen LogP contribution is -2.47. The second kappa shape index (κ2) is 6.85. The number of aromatic nitrogens is 1. The minimum atomic E-state index is -0.226. The fraction of sp³-hybridized carbons (Fsp3) is 0.529. The molecule has 114 valence electrons. The highest BCUT2D eigenvalue weighted by atomic mass is 16.3. The van der Waals surface area contributed by atoms with E-state index in [4.69, 9.17) is 0 Å². The number of likely N-dealkylation sites (tertiary alicyclic amines) is 1. The molecule has 0 unspecified atom stereocenters. The van der Waals surface area contributed by atoms with E-state index in [0.29, 0.717) is 12.1 Å². The quantitative estimate of drug-likeness (QED) is 0.847. The van der Waals surface area contributed by atoms with Crippen LogP contribution in [0.4, 0.5) is 0 Å². The van der Waals surface area contributed by atoms with Crippen LogP contribution < -0.4 is 0 Å². The highest BCUT2D eigenvalue weighted by Gasteiger charge is 2.35. The van der Waals surface area contributed by atoms with Gasteiger partial charge in [0.15, 0.2) is 0 Å². The van der Waals surface area contributed by atoms with Gasteiger partial charge in [-0.15, -0.1) is 6.58 Å². The van der Waals surface area contributed by atoms with Crippen molar-refractivity contribution in [2.24, 2.45) is 5.41 Å². The summed E-state index contributed by atoms with van der Waals surface area (Å²) in [6.07, 6.45) is 6.95. The maximum absolute atomic E-state index is 12.7. The van der Waals surface area contributed by atoms with Crippen LogP contribution in [0.25, 0.3) is 0 Å². The van der Waals surface area contributed by atoms with Gasteiger partial charge in [0, 0.05) is 36.0 Å². The number of nitrogens with zero attached hydrogens (tertiary/aromatic N) is 2. The Bertz CT molecular complexity index is 515. The van der Waals surface area contributed by atoms with E-state index >= 15 is 0 Å². The molecule has 1 saturated heterocycles. The molecule has 4 heteroatoms. The van der Waals surface area contributed by atoms with Crippen molar-refractivity contribution < 1.29 is 9.90 Å². The number of aliphatic hydroxyl groups excluding tert-OH is 1. The third-order valence-corrected chi connectivity index (χ3v) is 4.29.